The van der Waals surface area contributed by atoms with Gasteiger partial charge in [-0.1, -0.05) is 31.4 Å². The van der Waals surface area contributed by atoms with Gasteiger partial charge in [-0.05, 0) is 68.1 Å². The van der Waals surface area contributed by atoms with Crippen LogP contribution < -0.4 is 4.74 Å². The molecule has 3 nitrogen and oxygen atoms in total. The van der Waals surface area contributed by atoms with Crippen LogP contribution >= 0.6 is 0 Å². The van der Waals surface area contributed by atoms with E-state index in [-0.39, 0.29) is 0 Å². The Hall–Kier alpha value is -2.34. The van der Waals surface area contributed by atoms with E-state index in [2.05, 4.69) is 53.0 Å². The number of ether oxygens (including phenoxy) is 1. The summed E-state index contributed by atoms with van der Waals surface area (Å²) in [5.41, 5.74) is 2.46. The predicted molar refractivity (Wildman–Crippen MR) is 101 cm³/mol. The molecule has 1 aromatic carbocycles. The normalized spacial score (nSPS) is 19.8. The van der Waals surface area contributed by atoms with Gasteiger partial charge in [0.25, 0.3) is 0 Å². The van der Waals surface area contributed by atoms with Crippen LogP contribution in [0.5, 0.6) is 5.75 Å². The van der Waals surface area contributed by atoms with E-state index in [1.807, 2.05) is 6.92 Å². The van der Waals surface area contributed by atoms with E-state index in [9.17, 15) is 0 Å². The molecule has 130 valence electrons. The summed E-state index contributed by atoms with van der Waals surface area (Å²) in [6, 6.07) is 8.70. The van der Waals surface area contributed by atoms with Crippen LogP contribution in [0.1, 0.15) is 68.8 Å². The summed E-state index contributed by atoms with van der Waals surface area (Å²) in [5.74, 6) is 9.01. The minimum absolute atomic E-state index is 0.519. The van der Waals surface area contributed by atoms with Gasteiger partial charge in [-0.2, -0.15) is 0 Å². The van der Waals surface area contributed by atoms with Crippen molar-refractivity contribution in [1.29, 1.82) is 0 Å². The second kappa shape index (κ2) is 8.67. The molecule has 1 aromatic heterocycles. The summed E-state index contributed by atoms with van der Waals surface area (Å²) in [6.45, 7) is 4.86. The Bertz CT molecular complexity index is 717. The van der Waals surface area contributed by atoms with Crippen LogP contribution in [0.4, 0.5) is 0 Å². The monoisotopic (exact) mass is 334 g/mol. The second-order valence-electron chi connectivity index (χ2n) is 6.67. The maximum absolute atomic E-state index is 5.33. The maximum atomic E-state index is 5.33. The zero-order valence-electron chi connectivity index (χ0n) is 15.2. The van der Waals surface area contributed by atoms with Crippen LogP contribution in [-0.4, -0.2) is 16.6 Å². The lowest BCUT2D eigenvalue weighted by Gasteiger charge is -2.28. The van der Waals surface area contributed by atoms with Crippen molar-refractivity contribution in [1.82, 2.24) is 9.97 Å². The molecule has 1 aliphatic rings. The van der Waals surface area contributed by atoms with Gasteiger partial charge >= 0.3 is 0 Å². The molecule has 3 rings (SSSR count). The Kier molecular flexibility index (Phi) is 6.06. The molecule has 0 N–H and O–H groups in total. The molecular formula is C22H26N2O. The summed E-state index contributed by atoms with van der Waals surface area (Å²) in [5, 5.41) is 0. The molecular weight excluding hydrogens is 308 g/mol. The molecule has 0 saturated heterocycles. The fourth-order valence-electron chi connectivity index (χ4n) is 3.49. The third-order valence-electron chi connectivity index (χ3n) is 5.06. The molecule has 25 heavy (non-hydrogen) atoms. The smallest absolute Gasteiger partial charge is 0.205 e. The highest BCUT2D eigenvalue weighted by Crippen LogP contribution is 2.36. The van der Waals surface area contributed by atoms with Crippen LogP contribution in [0.2, 0.25) is 0 Å². The molecule has 1 saturated carbocycles. The van der Waals surface area contributed by atoms with E-state index in [4.69, 9.17) is 4.74 Å². The minimum Gasteiger partial charge on any atom is -0.491 e. The minimum atomic E-state index is 0.519. The molecule has 0 aliphatic heterocycles. The van der Waals surface area contributed by atoms with E-state index in [0.29, 0.717) is 18.2 Å². The SMILES string of the molecule is CCOc1cnc(C#Cc2ccc([C@H]3CC[C@H](CC)CC3)cc2)nc1. The standard InChI is InChI=1S/C22H26N2O/c1-3-17-5-10-19(11-6-17)20-12-7-18(8-13-20)9-14-22-23-15-21(16-24-22)25-4-2/h7-8,12-13,15-17,19H,3-6,10-11H2,1-2H3/t17-,19-. The van der Waals surface area contributed by atoms with Crippen LogP contribution in [0, 0.1) is 17.8 Å². The van der Waals surface area contributed by atoms with Crippen molar-refractivity contribution in [2.45, 2.75) is 51.9 Å². The quantitative estimate of drug-likeness (QED) is 0.741. The van der Waals surface area contributed by atoms with E-state index >= 15 is 0 Å². The number of aromatic nitrogens is 2. The molecule has 2 aromatic rings. The van der Waals surface area contributed by atoms with Gasteiger partial charge in [-0.3, -0.25) is 0 Å². The van der Waals surface area contributed by atoms with Crippen LogP contribution in [0.15, 0.2) is 36.7 Å². The maximum Gasteiger partial charge on any atom is 0.205 e. The highest BCUT2D eigenvalue weighted by Gasteiger charge is 2.20. The van der Waals surface area contributed by atoms with E-state index in [1.165, 1.54) is 37.7 Å². The average molecular weight is 334 g/mol. The molecule has 1 aliphatic carbocycles. The first kappa shape index (κ1) is 17.5. The molecule has 1 heterocycles. The molecule has 1 fully saturated rings. The molecule has 0 unspecified atom stereocenters. The zero-order valence-corrected chi connectivity index (χ0v) is 15.2. The van der Waals surface area contributed by atoms with E-state index in [0.717, 1.165) is 17.4 Å². The number of rotatable bonds is 4. The van der Waals surface area contributed by atoms with Crippen molar-refractivity contribution in [2.75, 3.05) is 6.61 Å². The van der Waals surface area contributed by atoms with Crippen molar-refractivity contribution >= 4 is 0 Å². The van der Waals surface area contributed by atoms with Crippen LogP contribution in [-0.2, 0) is 0 Å². The van der Waals surface area contributed by atoms with Gasteiger partial charge in [0.1, 0.15) is 0 Å². The van der Waals surface area contributed by atoms with E-state index < -0.39 is 0 Å². The molecule has 3 heteroatoms. The van der Waals surface area contributed by atoms with Crippen molar-refractivity contribution in [3.05, 3.63) is 53.6 Å². The van der Waals surface area contributed by atoms with Gasteiger partial charge in [0.2, 0.25) is 5.82 Å². The Morgan fingerprint density at radius 3 is 2.24 bits per heavy atom. The summed E-state index contributed by atoms with van der Waals surface area (Å²) in [6.07, 6.45) is 10.0. The Morgan fingerprint density at radius 2 is 1.64 bits per heavy atom. The van der Waals surface area contributed by atoms with Gasteiger partial charge < -0.3 is 4.74 Å². The first-order chi connectivity index (χ1) is 12.3. The average Bonchev–Trinajstić information content (AvgIpc) is 2.68. The molecule has 0 amide bonds. The Labute approximate surface area is 150 Å². The number of hydrogen-bond donors (Lipinski definition) is 0. The largest absolute Gasteiger partial charge is 0.491 e. The summed E-state index contributed by atoms with van der Waals surface area (Å²) in [7, 11) is 0. The van der Waals surface area contributed by atoms with Gasteiger partial charge in [0.05, 0.1) is 19.0 Å². The van der Waals surface area contributed by atoms with Gasteiger partial charge in [0.15, 0.2) is 5.75 Å². The van der Waals surface area contributed by atoms with Gasteiger partial charge in [-0.15, -0.1) is 0 Å². The summed E-state index contributed by atoms with van der Waals surface area (Å²) in [4.78, 5) is 8.42. The molecule has 0 bridgehead atoms. The Morgan fingerprint density at radius 1 is 0.960 bits per heavy atom. The zero-order chi connectivity index (χ0) is 17.5. The topological polar surface area (TPSA) is 35.0 Å². The lowest BCUT2D eigenvalue weighted by molar-refractivity contribution is 0.319. The highest BCUT2D eigenvalue weighted by atomic mass is 16.5. The van der Waals surface area contributed by atoms with Crippen LogP contribution in [0.25, 0.3) is 0 Å². The Balaban J connectivity index is 1.61. The van der Waals surface area contributed by atoms with Gasteiger partial charge in [-0.25, -0.2) is 9.97 Å². The lowest BCUT2D eigenvalue weighted by atomic mass is 9.78. The first-order valence-electron chi connectivity index (χ1n) is 9.35. The van der Waals surface area contributed by atoms with Crippen LogP contribution in [0.3, 0.4) is 0 Å². The van der Waals surface area contributed by atoms with Crippen molar-refractivity contribution < 1.29 is 4.74 Å². The fraction of sp³-hybridized carbons (Fsp3) is 0.455. The summed E-state index contributed by atoms with van der Waals surface area (Å²) >= 11 is 0. The molecule has 0 radical (unpaired) electrons. The predicted octanol–water partition coefficient (Wildman–Crippen LogP) is 4.96. The van der Waals surface area contributed by atoms with E-state index in [1.54, 1.807) is 12.4 Å². The third kappa shape index (κ3) is 4.82. The van der Waals surface area contributed by atoms with Gasteiger partial charge in [0, 0.05) is 5.56 Å². The lowest BCUT2D eigenvalue weighted by Crippen LogP contribution is -2.12. The number of benzene rings is 1. The van der Waals surface area contributed by atoms with Crippen molar-refractivity contribution in [2.24, 2.45) is 5.92 Å². The second-order valence-corrected chi connectivity index (χ2v) is 6.67. The van der Waals surface area contributed by atoms with Crippen molar-refractivity contribution in [3.8, 4) is 17.6 Å². The first-order valence-corrected chi connectivity index (χ1v) is 9.35. The molecule has 0 atom stereocenters. The molecule has 0 spiro atoms. The fourth-order valence-corrected chi connectivity index (χ4v) is 3.49. The highest BCUT2D eigenvalue weighted by molar-refractivity contribution is 5.40. The van der Waals surface area contributed by atoms with Crippen molar-refractivity contribution in [3.63, 3.8) is 0 Å². The number of nitrogens with zero attached hydrogens (tertiary/aromatic N) is 2. The third-order valence-corrected chi connectivity index (χ3v) is 5.06. The number of hydrogen-bond acceptors (Lipinski definition) is 3. The summed E-state index contributed by atoms with van der Waals surface area (Å²) < 4.78 is 5.33.